The molecule has 1 atom stereocenters. The summed E-state index contributed by atoms with van der Waals surface area (Å²) in [6, 6.07) is 8.30. The van der Waals surface area contributed by atoms with E-state index in [1.807, 2.05) is 6.92 Å². The van der Waals surface area contributed by atoms with Crippen molar-refractivity contribution in [3.63, 3.8) is 0 Å². The molecule has 3 nitrogen and oxygen atoms in total. The summed E-state index contributed by atoms with van der Waals surface area (Å²) < 4.78 is 13.3. The maximum Gasteiger partial charge on any atom is 0.162 e. The summed E-state index contributed by atoms with van der Waals surface area (Å²) in [5.41, 5.74) is 3.55. The SMILES string of the molecule is CC1=C(C#N)[C@@H](c2ccc(F)cc2)C2=C(CC(C)(C)CC2=O)N1. The van der Waals surface area contributed by atoms with Crippen LogP contribution in [0.15, 0.2) is 46.8 Å². The van der Waals surface area contributed by atoms with Crippen molar-refractivity contribution >= 4 is 5.78 Å². The fourth-order valence-corrected chi connectivity index (χ4v) is 3.57. The van der Waals surface area contributed by atoms with E-state index in [4.69, 9.17) is 0 Å². The fourth-order valence-electron chi connectivity index (χ4n) is 3.57. The van der Waals surface area contributed by atoms with Gasteiger partial charge in [0.1, 0.15) is 5.82 Å². The molecule has 1 aliphatic carbocycles. The number of ketones is 1. The number of Topliss-reactive ketones (excluding diaryl/α,β-unsaturated/α-hetero) is 1. The molecule has 0 aromatic heterocycles. The van der Waals surface area contributed by atoms with Gasteiger partial charge in [-0.25, -0.2) is 4.39 Å². The number of rotatable bonds is 1. The summed E-state index contributed by atoms with van der Waals surface area (Å²) in [5.74, 6) is -0.661. The smallest absolute Gasteiger partial charge is 0.162 e. The van der Waals surface area contributed by atoms with Gasteiger partial charge in [-0.15, -0.1) is 0 Å². The number of nitrogens with zero attached hydrogens (tertiary/aromatic N) is 1. The van der Waals surface area contributed by atoms with Gasteiger partial charge in [-0.2, -0.15) is 5.26 Å². The summed E-state index contributed by atoms with van der Waals surface area (Å²) in [6.07, 6.45) is 1.23. The first kappa shape index (κ1) is 15.5. The minimum atomic E-state index is -0.402. The number of carbonyl (C=O) groups is 1. The second kappa shape index (κ2) is 5.34. The van der Waals surface area contributed by atoms with Crippen LogP contribution in [-0.2, 0) is 4.79 Å². The molecule has 23 heavy (non-hydrogen) atoms. The van der Waals surface area contributed by atoms with Gasteiger partial charge < -0.3 is 5.32 Å². The first-order chi connectivity index (χ1) is 10.8. The topological polar surface area (TPSA) is 52.9 Å². The number of carbonyl (C=O) groups excluding carboxylic acids is 1. The Morgan fingerprint density at radius 3 is 2.52 bits per heavy atom. The third-order valence-corrected chi connectivity index (χ3v) is 4.56. The third kappa shape index (κ3) is 2.68. The summed E-state index contributed by atoms with van der Waals surface area (Å²) >= 11 is 0. The molecule has 1 aromatic rings. The van der Waals surface area contributed by atoms with Crippen molar-refractivity contribution in [1.29, 1.82) is 5.26 Å². The number of hydrogen-bond acceptors (Lipinski definition) is 3. The molecule has 0 saturated carbocycles. The number of hydrogen-bond donors (Lipinski definition) is 1. The quantitative estimate of drug-likeness (QED) is 0.854. The average Bonchev–Trinajstić information content (AvgIpc) is 2.45. The van der Waals surface area contributed by atoms with Crippen LogP contribution in [0.25, 0.3) is 0 Å². The molecule has 0 amide bonds. The molecule has 1 aliphatic heterocycles. The lowest BCUT2D eigenvalue weighted by molar-refractivity contribution is -0.118. The minimum Gasteiger partial charge on any atom is -0.361 e. The van der Waals surface area contributed by atoms with Gasteiger partial charge >= 0.3 is 0 Å². The van der Waals surface area contributed by atoms with E-state index in [9.17, 15) is 14.4 Å². The summed E-state index contributed by atoms with van der Waals surface area (Å²) in [6.45, 7) is 6.00. The van der Waals surface area contributed by atoms with Gasteiger partial charge in [-0.1, -0.05) is 26.0 Å². The Bertz CT molecular complexity index is 779. The van der Waals surface area contributed by atoms with Gasteiger partial charge in [0.15, 0.2) is 5.78 Å². The monoisotopic (exact) mass is 310 g/mol. The largest absolute Gasteiger partial charge is 0.361 e. The van der Waals surface area contributed by atoms with Gasteiger partial charge in [-0.05, 0) is 36.5 Å². The van der Waals surface area contributed by atoms with Gasteiger partial charge in [0.05, 0.1) is 17.6 Å². The maximum atomic E-state index is 13.3. The lowest BCUT2D eigenvalue weighted by atomic mass is 9.69. The maximum absolute atomic E-state index is 13.3. The zero-order valence-corrected chi connectivity index (χ0v) is 13.5. The second-order valence-electron chi connectivity index (χ2n) is 7.09. The molecule has 1 heterocycles. The first-order valence-electron chi connectivity index (χ1n) is 7.72. The van der Waals surface area contributed by atoms with E-state index < -0.39 is 5.92 Å². The molecule has 1 N–H and O–H groups in total. The number of halogens is 1. The highest BCUT2D eigenvalue weighted by Gasteiger charge is 2.40. The van der Waals surface area contributed by atoms with Crippen LogP contribution >= 0.6 is 0 Å². The molecule has 118 valence electrons. The zero-order chi connectivity index (χ0) is 16.8. The van der Waals surface area contributed by atoms with Crippen molar-refractivity contribution in [2.75, 3.05) is 0 Å². The van der Waals surface area contributed by atoms with Crippen molar-refractivity contribution in [2.24, 2.45) is 5.41 Å². The van der Waals surface area contributed by atoms with Crippen molar-refractivity contribution in [3.05, 3.63) is 58.2 Å². The number of nitrogens with one attached hydrogen (secondary N) is 1. The van der Waals surface area contributed by atoms with Gasteiger partial charge in [0.2, 0.25) is 0 Å². The predicted octanol–water partition coefficient (Wildman–Crippen LogP) is 3.95. The zero-order valence-electron chi connectivity index (χ0n) is 13.5. The van der Waals surface area contributed by atoms with E-state index >= 15 is 0 Å². The molecule has 0 saturated heterocycles. The van der Waals surface area contributed by atoms with Crippen LogP contribution in [0.1, 0.15) is 45.1 Å². The fraction of sp³-hybridized carbons (Fsp3) is 0.368. The first-order valence-corrected chi connectivity index (χ1v) is 7.72. The normalized spacial score (nSPS) is 23.3. The molecule has 3 rings (SSSR count). The third-order valence-electron chi connectivity index (χ3n) is 4.56. The van der Waals surface area contributed by atoms with Gasteiger partial charge in [0, 0.05) is 23.4 Å². The predicted molar refractivity (Wildman–Crippen MR) is 85.6 cm³/mol. The van der Waals surface area contributed by atoms with Crippen molar-refractivity contribution in [2.45, 2.75) is 39.5 Å². The highest BCUT2D eigenvalue weighted by molar-refractivity contribution is 6.00. The molecule has 2 aliphatic rings. The van der Waals surface area contributed by atoms with Gasteiger partial charge in [0.25, 0.3) is 0 Å². The van der Waals surface area contributed by atoms with Crippen LogP contribution in [0.5, 0.6) is 0 Å². The lowest BCUT2D eigenvalue weighted by Gasteiger charge is -2.38. The van der Waals surface area contributed by atoms with E-state index in [-0.39, 0.29) is 17.0 Å². The molecule has 4 heteroatoms. The van der Waals surface area contributed by atoms with E-state index in [1.54, 1.807) is 12.1 Å². The van der Waals surface area contributed by atoms with Crippen LogP contribution in [0.3, 0.4) is 0 Å². The Morgan fingerprint density at radius 1 is 1.26 bits per heavy atom. The van der Waals surface area contributed by atoms with Crippen LogP contribution in [0.4, 0.5) is 4.39 Å². The number of dihydropyridines is 1. The standard InChI is InChI=1S/C19H19FN2O/c1-11-14(10-21)17(12-4-6-13(20)7-5-12)18-15(22-11)8-19(2,3)9-16(18)23/h4-7,17,22H,8-9H2,1-3H3/t17-/m1/s1. The Balaban J connectivity index is 2.17. The van der Waals surface area contributed by atoms with E-state index in [1.165, 1.54) is 12.1 Å². The van der Waals surface area contributed by atoms with Gasteiger partial charge in [-0.3, -0.25) is 4.79 Å². The Morgan fingerprint density at radius 2 is 1.91 bits per heavy atom. The molecule has 0 bridgehead atoms. The minimum absolute atomic E-state index is 0.0679. The Hall–Kier alpha value is -2.41. The molecule has 0 unspecified atom stereocenters. The van der Waals surface area contributed by atoms with Crippen molar-refractivity contribution in [1.82, 2.24) is 5.32 Å². The Labute approximate surface area is 135 Å². The molecule has 0 fully saturated rings. The van der Waals surface area contributed by atoms with Crippen LogP contribution in [0.2, 0.25) is 0 Å². The Kier molecular flexibility index (Phi) is 3.60. The van der Waals surface area contributed by atoms with Crippen LogP contribution in [-0.4, -0.2) is 5.78 Å². The number of nitriles is 1. The number of benzene rings is 1. The average molecular weight is 310 g/mol. The van der Waals surface area contributed by atoms with Crippen LogP contribution < -0.4 is 5.32 Å². The number of allylic oxidation sites excluding steroid dienone is 4. The summed E-state index contributed by atoms with van der Waals surface area (Å²) in [7, 11) is 0. The molecular formula is C19H19FN2O. The highest BCUT2D eigenvalue weighted by atomic mass is 19.1. The van der Waals surface area contributed by atoms with Crippen molar-refractivity contribution < 1.29 is 9.18 Å². The lowest BCUT2D eigenvalue weighted by Crippen LogP contribution is -2.36. The molecule has 0 radical (unpaired) electrons. The molecular weight excluding hydrogens is 291 g/mol. The van der Waals surface area contributed by atoms with Crippen molar-refractivity contribution in [3.8, 4) is 6.07 Å². The van der Waals surface area contributed by atoms with E-state index in [0.717, 1.165) is 23.4 Å². The van der Waals surface area contributed by atoms with Crippen LogP contribution in [0, 0.1) is 22.6 Å². The second-order valence-corrected chi connectivity index (χ2v) is 7.09. The highest BCUT2D eigenvalue weighted by Crippen LogP contribution is 2.46. The summed E-state index contributed by atoms with van der Waals surface area (Å²) in [5, 5.41) is 12.8. The summed E-state index contributed by atoms with van der Waals surface area (Å²) in [4.78, 5) is 12.8. The molecule has 1 aromatic carbocycles. The molecule has 0 spiro atoms. The van der Waals surface area contributed by atoms with E-state index in [2.05, 4.69) is 25.2 Å². The van der Waals surface area contributed by atoms with E-state index in [0.29, 0.717) is 17.6 Å².